The molecule has 0 bridgehead atoms. The molecule has 0 spiro atoms. The Labute approximate surface area is 190 Å². The second-order valence-corrected chi connectivity index (χ2v) is 6.84. The summed E-state index contributed by atoms with van der Waals surface area (Å²) in [4.78, 5) is 19.3. The second-order valence-electron chi connectivity index (χ2n) is 6.84. The van der Waals surface area contributed by atoms with Crippen LogP contribution in [0.25, 0.3) is 0 Å². The standard InChI is InChI=1S/C21H19F5N4O4/c22-20(23,24)21(25,26)34-16-7-5-15(6-8-16)29-19(28-11-17-32-9-10-33-17)30-18(27)14-3-1-13(12-31)2-4-14/h1-8,12,17H,9-11H2,(H3,27,28,29,30). The minimum Gasteiger partial charge on any atom is -0.426 e. The topological polar surface area (TPSA) is 108 Å². The largest absolute Gasteiger partial charge is 0.499 e. The first kappa shape index (κ1) is 25.1. The monoisotopic (exact) mass is 486 g/mol. The Balaban J connectivity index is 1.78. The smallest absolute Gasteiger partial charge is 0.426 e. The highest BCUT2D eigenvalue weighted by molar-refractivity contribution is 6.08. The molecule has 13 heteroatoms. The summed E-state index contributed by atoms with van der Waals surface area (Å²) in [5, 5.41) is 2.80. The average Bonchev–Trinajstić information content (AvgIpc) is 3.31. The molecule has 182 valence electrons. The third-order valence-corrected chi connectivity index (χ3v) is 4.34. The first-order valence-corrected chi connectivity index (χ1v) is 9.75. The summed E-state index contributed by atoms with van der Waals surface area (Å²) in [6, 6.07) is 10.5. The molecule has 1 fully saturated rings. The van der Waals surface area contributed by atoms with E-state index in [9.17, 15) is 26.7 Å². The average molecular weight is 486 g/mol. The van der Waals surface area contributed by atoms with E-state index in [0.717, 1.165) is 12.1 Å². The Hall–Kier alpha value is -3.58. The van der Waals surface area contributed by atoms with E-state index in [1.54, 1.807) is 24.3 Å². The van der Waals surface area contributed by atoms with E-state index < -0.39 is 24.3 Å². The first-order chi connectivity index (χ1) is 16.1. The molecule has 2 aromatic rings. The van der Waals surface area contributed by atoms with Gasteiger partial charge < -0.3 is 25.3 Å². The number of rotatable bonds is 7. The van der Waals surface area contributed by atoms with Gasteiger partial charge in [0.25, 0.3) is 0 Å². The van der Waals surface area contributed by atoms with Gasteiger partial charge in [0.05, 0.1) is 19.8 Å². The van der Waals surface area contributed by atoms with Gasteiger partial charge in [-0.1, -0.05) is 24.3 Å². The number of aldehydes is 1. The molecule has 8 nitrogen and oxygen atoms in total. The Morgan fingerprint density at radius 3 is 2.24 bits per heavy atom. The number of amidine groups is 1. The summed E-state index contributed by atoms with van der Waals surface area (Å²) in [5.41, 5.74) is 7.21. The number of ether oxygens (including phenoxy) is 3. The number of hydrogen-bond acceptors (Lipinski definition) is 5. The molecule has 2 aromatic carbocycles. The molecule has 0 saturated carbocycles. The van der Waals surface area contributed by atoms with E-state index in [2.05, 4.69) is 20.0 Å². The lowest BCUT2D eigenvalue weighted by molar-refractivity contribution is -0.360. The fraction of sp³-hybridized carbons (Fsp3) is 0.286. The lowest BCUT2D eigenvalue weighted by Crippen LogP contribution is -2.41. The molecular formula is C21H19F5N4O4. The zero-order valence-corrected chi connectivity index (χ0v) is 17.4. The van der Waals surface area contributed by atoms with E-state index in [4.69, 9.17) is 15.2 Å². The van der Waals surface area contributed by atoms with Gasteiger partial charge in [0.2, 0.25) is 5.96 Å². The van der Waals surface area contributed by atoms with Crippen molar-refractivity contribution in [2.45, 2.75) is 18.6 Å². The van der Waals surface area contributed by atoms with Crippen LogP contribution in [0.15, 0.2) is 58.5 Å². The highest BCUT2D eigenvalue weighted by Crippen LogP contribution is 2.37. The molecule has 0 radical (unpaired) electrons. The molecule has 3 N–H and O–H groups in total. The number of nitrogens with zero attached hydrogens (tertiary/aromatic N) is 2. The SMILES string of the molecule is NC(=NC(=NCC1OCCO1)Nc1ccc(OC(F)(F)C(F)(F)F)cc1)c1ccc(C=O)cc1. The van der Waals surface area contributed by atoms with Gasteiger partial charge in [0, 0.05) is 16.8 Å². The van der Waals surface area contributed by atoms with Crippen LogP contribution in [0.3, 0.4) is 0 Å². The van der Waals surface area contributed by atoms with Gasteiger partial charge in [0.1, 0.15) is 17.9 Å². The van der Waals surface area contributed by atoms with Gasteiger partial charge in [-0.15, -0.1) is 0 Å². The fourth-order valence-electron chi connectivity index (χ4n) is 2.63. The minimum absolute atomic E-state index is 0.00893. The summed E-state index contributed by atoms with van der Waals surface area (Å²) in [7, 11) is 0. The van der Waals surface area contributed by atoms with E-state index in [1.807, 2.05) is 0 Å². The molecule has 1 aliphatic heterocycles. The number of nitrogens with one attached hydrogen (secondary N) is 1. The number of alkyl halides is 5. The highest BCUT2D eigenvalue weighted by atomic mass is 19.4. The second kappa shape index (κ2) is 10.6. The number of nitrogens with two attached hydrogens (primary N) is 1. The predicted molar refractivity (Wildman–Crippen MR) is 112 cm³/mol. The Bertz CT molecular complexity index is 1030. The van der Waals surface area contributed by atoms with E-state index in [0.29, 0.717) is 30.6 Å². The number of halogens is 5. The van der Waals surface area contributed by atoms with Crippen LogP contribution in [-0.4, -0.2) is 56.4 Å². The Morgan fingerprint density at radius 1 is 1.06 bits per heavy atom. The summed E-state index contributed by atoms with van der Waals surface area (Å²) >= 11 is 0. The van der Waals surface area contributed by atoms with Crippen LogP contribution < -0.4 is 15.8 Å². The number of aliphatic imine (C=N–C) groups is 2. The number of anilines is 1. The van der Waals surface area contributed by atoms with E-state index in [-0.39, 0.29) is 24.0 Å². The number of guanidine groups is 1. The van der Waals surface area contributed by atoms with Crippen molar-refractivity contribution < 1.29 is 41.0 Å². The maximum atomic E-state index is 13.1. The van der Waals surface area contributed by atoms with Crippen molar-refractivity contribution in [3.63, 3.8) is 0 Å². The van der Waals surface area contributed by atoms with Crippen molar-refractivity contribution in [3.8, 4) is 5.75 Å². The van der Waals surface area contributed by atoms with Crippen molar-refractivity contribution in [1.29, 1.82) is 0 Å². The first-order valence-electron chi connectivity index (χ1n) is 9.75. The fourth-order valence-corrected chi connectivity index (χ4v) is 2.63. The molecule has 0 unspecified atom stereocenters. The van der Waals surface area contributed by atoms with Gasteiger partial charge in [0.15, 0.2) is 6.29 Å². The van der Waals surface area contributed by atoms with Crippen LogP contribution in [0, 0.1) is 0 Å². The Kier molecular flexibility index (Phi) is 7.79. The van der Waals surface area contributed by atoms with E-state index in [1.165, 1.54) is 12.1 Å². The molecule has 0 atom stereocenters. The number of benzene rings is 2. The lowest BCUT2D eigenvalue weighted by atomic mass is 10.1. The molecule has 34 heavy (non-hydrogen) atoms. The van der Waals surface area contributed by atoms with E-state index >= 15 is 0 Å². The van der Waals surface area contributed by atoms with Crippen LogP contribution in [-0.2, 0) is 9.47 Å². The maximum absolute atomic E-state index is 13.1. The molecule has 1 heterocycles. The zero-order valence-electron chi connectivity index (χ0n) is 17.4. The van der Waals surface area contributed by atoms with Crippen molar-refractivity contribution >= 4 is 23.8 Å². The summed E-state index contributed by atoms with van der Waals surface area (Å²) < 4.78 is 77.5. The number of carbonyl (C=O) groups excluding carboxylic acids is 1. The van der Waals surface area contributed by atoms with Gasteiger partial charge in [-0.3, -0.25) is 4.79 Å². The van der Waals surface area contributed by atoms with Crippen LogP contribution >= 0.6 is 0 Å². The minimum atomic E-state index is -5.86. The number of hydrogen-bond donors (Lipinski definition) is 2. The van der Waals surface area contributed by atoms with Gasteiger partial charge in [-0.05, 0) is 24.3 Å². The van der Waals surface area contributed by atoms with Gasteiger partial charge in [-0.2, -0.15) is 26.9 Å². The molecule has 0 aliphatic carbocycles. The van der Waals surface area contributed by atoms with Gasteiger partial charge in [-0.25, -0.2) is 4.99 Å². The quantitative estimate of drug-likeness (QED) is 0.268. The van der Waals surface area contributed by atoms with Crippen molar-refractivity contribution in [2.24, 2.45) is 15.7 Å². The molecule has 3 rings (SSSR count). The number of carbonyl (C=O) groups is 1. The normalized spacial score (nSPS) is 15.9. The third-order valence-electron chi connectivity index (χ3n) is 4.34. The predicted octanol–water partition coefficient (Wildman–Crippen LogP) is 3.58. The summed E-state index contributed by atoms with van der Waals surface area (Å²) in [5.74, 6) is -0.663. The zero-order chi connectivity index (χ0) is 24.8. The van der Waals surface area contributed by atoms with Gasteiger partial charge >= 0.3 is 12.3 Å². The molecule has 0 amide bonds. The molecule has 0 aromatic heterocycles. The maximum Gasteiger partial charge on any atom is 0.499 e. The molecular weight excluding hydrogens is 467 g/mol. The van der Waals surface area contributed by atoms with Crippen LogP contribution in [0.4, 0.5) is 27.6 Å². The molecule has 1 saturated heterocycles. The van der Waals surface area contributed by atoms with Crippen LogP contribution in [0.1, 0.15) is 15.9 Å². The van der Waals surface area contributed by atoms with Crippen molar-refractivity contribution in [1.82, 2.24) is 0 Å². The third kappa shape index (κ3) is 6.71. The summed E-state index contributed by atoms with van der Waals surface area (Å²) in [6.45, 7) is 0.866. The highest BCUT2D eigenvalue weighted by Gasteiger charge is 2.61. The van der Waals surface area contributed by atoms with Crippen LogP contribution in [0.5, 0.6) is 5.75 Å². The van der Waals surface area contributed by atoms with Crippen LogP contribution in [0.2, 0.25) is 0 Å². The van der Waals surface area contributed by atoms with Crippen molar-refractivity contribution in [3.05, 3.63) is 59.7 Å². The van der Waals surface area contributed by atoms with Crippen molar-refractivity contribution in [2.75, 3.05) is 25.1 Å². The summed E-state index contributed by atoms with van der Waals surface area (Å²) in [6.07, 6.45) is -11.1. The molecule has 1 aliphatic rings. The Morgan fingerprint density at radius 2 is 1.68 bits per heavy atom. The lowest BCUT2D eigenvalue weighted by Gasteiger charge is -2.20.